The van der Waals surface area contributed by atoms with Gasteiger partial charge in [-0.05, 0) is 30.7 Å². The predicted molar refractivity (Wildman–Crippen MR) is 88.3 cm³/mol. The number of hydrazine groups is 1. The normalized spacial score (nSPS) is 10.0. The fraction of sp³-hybridized carbons (Fsp3) is 0.125. The molecule has 0 aliphatic heterocycles. The van der Waals surface area contributed by atoms with Crippen molar-refractivity contribution in [1.29, 1.82) is 0 Å². The number of nitrogens with one attached hydrogen (secondary N) is 3. The highest BCUT2D eigenvalue weighted by molar-refractivity contribution is 5.96. The second kappa shape index (κ2) is 7.86. The van der Waals surface area contributed by atoms with Crippen LogP contribution in [-0.2, 0) is 4.79 Å². The van der Waals surface area contributed by atoms with Crippen molar-refractivity contribution >= 4 is 23.2 Å². The molecule has 130 valence electrons. The number of hydrogen-bond donors (Lipinski definition) is 3. The van der Waals surface area contributed by atoms with E-state index in [-0.39, 0.29) is 17.8 Å². The molecular formula is C16H15FN4O4. The van der Waals surface area contributed by atoms with Crippen LogP contribution >= 0.6 is 0 Å². The van der Waals surface area contributed by atoms with E-state index in [9.17, 15) is 24.1 Å². The standard InChI is InChI=1S/C16H15FN4O4/c1-10-5-6-12(17)8-14(10)18-9-15(22)19-20-16(23)11-3-2-4-13(7-11)21(24)25/h2-8,18H,9H2,1H3,(H,19,22)(H,20,23). The van der Waals surface area contributed by atoms with Gasteiger partial charge in [0.25, 0.3) is 17.5 Å². The number of benzene rings is 2. The third-order valence-corrected chi connectivity index (χ3v) is 3.27. The number of amides is 2. The quantitative estimate of drug-likeness (QED) is 0.565. The van der Waals surface area contributed by atoms with Gasteiger partial charge in [0.05, 0.1) is 11.5 Å². The summed E-state index contributed by atoms with van der Waals surface area (Å²) in [4.78, 5) is 33.7. The van der Waals surface area contributed by atoms with E-state index in [2.05, 4.69) is 16.2 Å². The molecule has 0 atom stereocenters. The van der Waals surface area contributed by atoms with Gasteiger partial charge in [0, 0.05) is 23.4 Å². The minimum Gasteiger partial charge on any atom is -0.376 e. The Hall–Kier alpha value is -3.49. The summed E-state index contributed by atoms with van der Waals surface area (Å²) in [5.41, 5.74) is 5.34. The van der Waals surface area contributed by atoms with Gasteiger partial charge < -0.3 is 5.32 Å². The van der Waals surface area contributed by atoms with Gasteiger partial charge in [-0.25, -0.2) is 4.39 Å². The van der Waals surface area contributed by atoms with Gasteiger partial charge in [-0.2, -0.15) is 0 Å². The molecular weight excluding hydrogens is 331 g/mol. The lowest BCUT2D eigenvalue weighted by molar-refractivity contribution is -0.384. The zero-order valence-corrected chi connectivity index (χ0v) is 13.2. The molecule has 25 heavy (non-hydrogen) atoms. The highest BCUT2D eigenvalue weighted by Crippen LogP contribution is 2.15. The summed E-state index contributed by atoms with van der Waals surface area (Å²) in [6, 6.07) is 9.21. The summed E-state index contributed by atoms with van der Waals surface area (Å²) in [6.45, 7) is 1.56. The van der Waals surface area contributed by atoms with Crippen LogP contribution in [0.15, 0.2) is 42.5 Å². The average Bonchev–Trinajstić information content (AvgIpc) is 2.60. The number of nitro groups is 1. The van der Waals surface area contributed by atoms with E-state index in [0.717, 1.165) is 11.6 Å². The van der Waals surface area contributed by atoms with E-state index < -0.39 is 22.6 Å². The molecule has 0 aromatic heterocycles. The van der Waals surface area contributed by atoms with Crippen molar-refractivity contribution in [2.24, 2.45) is 0 Å². The number of non-ortho nitro benzene ring substituents is 1. The first kappa shape index (κ1) is 17.9. The number of anilines is 1. The summed E-state index contributed by atoms with van der Waals surface area (Å²) in [6.07, 6.45) is 0. The highest BCUT2D eigenvalue weighted by Gasteiger charge is 2.12. The zero-order valence-electron chi connectivity index (χ0n) is 13.2. The number of hydrogen-bond acceptors (Lipinski definition) is 5. The van der Waals surface area contributed by atoms with Gasteiger partial charge in [0.2, 0.25) is 0 Å². The van der Waals surface area contributed by atoms with Crippen LogP contribution in [0.25, 0.3) is 0 Å². The smallest absolute Gasteiger partial charge is 0.270 e. The number of nitrogens with zero attached hydrogens (tertiary/aromatic N) is 1. The molecule has 0 aliphatic rings. The molecule has 0 radical (unpaired) electrons. The third kappa shape index (κ3) is 4.99. The molecule has 2 rings (SSSR count). The summed E-state index contributed by atoms with van der Waals surface area (Å²) in [7, 11) is 0. The summed E-state index contributed by atoms with van der Waals surface area (Å²) in [5.74, 6) is -1.70. The molecule has 0 spiro atoms. The van der Waals surface area contributed by atoms with Crippen molar-refractivity contribution in [2.45, 2.75) is 6.92 Å². The Morgan fingerprint density at radius 1 is 1.16 bits per heavy atom. The van der Waals surface area contributed by atoms with Crippen LogP contribution in [0, 0.1) is 22.9 Å². The maximum atomic E-state index is 13.2. The average molecular weight is 346 g/mol. The lowest BCUT2D eigenvalue weighted by Crippen LogP contribution is -2.44. The molecule has 8 nitrogen and oxygen atoms in total. The minimum atomic E-state index is -0.695. The fourth-order valence-electron chi connectivity index (χ4n) is 1.96. The third-order valence-electron chi connectivity index (χ3n) is 3.27. The maximum Gasteiger partial charge on any atom is 0.270 e. The van der Waals surface area contributed by atoms with Crippen molar-refractivity contribution < 1.29 is 18.9 Å². The molecule has 0 saturated heterocycles. The largest absolute Gasteiger partial charge is 0.376 e. The van der Waals surface area contributed by atoms with Crippen LogP contribution in [0.3, 0.4) is 0 Å². The second-order valence-corrected chi connectivity index (χ2v) is 5.12. The first-order valence-corrected chi connectivity index (χ1v) is 7.20. The minimum absolute atomic E-state index is 0.0310. The topological polar surface area (TPSA) is 113 Å². The number of aryl methyl sites for hydroxylation is 1. The van der Waals surface area contributed by atoms with Gasteiger partial charge >= 0.3 is 0 Å². The van der Waals surface area contributed by atoms with Crippen molar-refractivity contribution in [1.82, 2.24) is 10.9 Å². The fourth-order valence-corrected chi connectivity index (χ4v) is 1.96. The Morgan fingerprint density at radius 3 is 2.64 bits per heavy atom. The molecule has 0 bridgehead atoms. The Kier molecular flexibility index (Phi) is 5.62. The molecule has 0 aliphatic carbocycles. The van der Waals surface area contributed by atoms with Gasteiger partial charge in [-0.3, -0.25) is 30.6 Å². The number of rotatable bonds is 5. The zero-order chi connectivity index (χ0) is 18.4. The van der Waals surface area contributed by atoms with Crippen molar-refractivity contribution in [3.8, 4) is 0 Å². The molecule has 2 aromatic rings. The van der Waals surface area contributed by atoms with Crippen LogP contribution in [-0.4, -0.2) is 23.3 Å². The predicted octanol–water partition coefficient (Wildman–Crippen LogP) is 1.92. The molecule has 3 N–H and O–H groups in total. The van der Waals surface area contributed by atoms with Gasteiger partial charge in [-0.1, -0.05) is 12.1 Å². The summed E-state index contributed by atoms with van der Waals surface area (Å²) >= 11 is 0. The number of halogens is 1. The van der Waals surface area contributed by atoms with E-state index >= 15 is 0 Å². The Bertz CT molecular complexity index is 826. The van der Waals surface area contributed by atoms with Crippen molar-refractivity contribution in [3.05, 3.63) is 69.5 Å². The van der Waals surface area contributed by atoms with Crippen LogP contribution in [0.2, 0.25) is 0 Å². The lowest BCUT2D eigenvalue weighted by atomic mass is 10.2. The Morgan fingerprint density at radius 2 is 1.92 bits per heavy atom. The summed E-state index contributed by atoms with van der Waals surface area (Å²) < 4.78 is 13.2. The first-order valence-electron chi connectivity index (χ1n) is 7.20. The Labute approximate surface area is 142 Å². The molecule has 2 aromatic carbocycles. The number of carbonyl (C=O) groups is 2. The van der Waals surface area contributed by atoms with E-state index in [1.807, 2.05) is 0 Å². The molecule has 9 heteroatoms. The van der Waals surface area contributed by atoms with E-state index in [1.54, 1.807) is 13.0 Å². The van der Waals surface area contributed by atoms with Gasteiger partial charge in [0.1, 0.15) is 5.82 Å². The second-order valence-electron chi connectivity index (χ2n) is 5.12. The maximum absolute atomic E-state index is 13.2. The highest BCUT2D eigenvalue weighted by atomic mass is 19.1. The monoisotopic (exact) mass is 346 g/mol. The van der Waals surface area contributed by atoms with Crippen molar-refractivity contribution in [2.75, 3.05) is 11.9 Å². The molecule has 0 heterocycles. The van der Waals surface area contributed by atoms with E-state index in [4.69, 9.17) is 0 Å². The van der Waals surface area contributed by atoms with E-state index in [1.165, 1.54) is 30.3 Å². The van der Waals surface area contributed by atoms with Crippen LogP contribution in [0.4, 0.5) is 15.8 Å². The van der Waals surface area contributed by atoms with E-state index in [0.29, 0.717) is 5.69 Å². The Balaban J connectivity index is 1.87. The molecule has 2 amide bonds. The number of carbonyl (C=O) groups excluding carboxylic acids is 2. The van der Waals surface area contributed by atoms with Crippen LogP contribution in [0.5, 0.6) is 0 Å². The number of nitro benzene ring substituents is 1. The lowest BCUT2D eigenvalue weighted by Gasteiger charge is -2.11. The SMILES string of the molecule is Cc1ccc(F)cc1NCC(=O)NNC(=O)c1cccc([N+](=O)[O-])c1. The molecule has 0 fully saturated rings. The van der Waals surface area contributed by atoms with Crippen LogP contribution < -0.4 is 16.2 Å². The molecule has 0 unspecified atom stereocenters. The van der Waals surface area contributed by atoms with Crippen molar-refractivity contribution in [3.63, 3.8) is 0 Å². The van der Waals surface area contributed by atoms with Gasteiger partial charge in [-0.15, -0.1) is 0 Å². The summed E-state index contributed by atoms with van der Waals surface area (Å²) in [5, 5.41) is 13.4. The molecule has 0 saturated carbocycles. The van der Waals surface area contributed by atoms with Gasteiger partial charge in [0.15, 0.2) is 0 Å². The first-order chi connectivity index (χ1) is 11.9. The van der Waals surface area contributed by atoms with Crippen LogP contribution in [0.1, 0.15) is 15.9 Å².